The van der Waals surface area contributed by atoms with Crippen molar-refractivity contribution in [3.05, 3.63) is 49.3 Å². The Balaban J connectivity index is 2.36. The van der Waals surface area contributed by atoms with Crippen molar-refractivity contribution in [2.75, 3.05) is 14.2 Å². The van der Waals surface area contributed by atoms with E-state index in [-0.39, 0.29) is 0 Å². The molecule has 0 amide bonds. The van der Waals surface area contributed by atoms with Crippen molar-refractivity contribution in [2.45, 2.75) is 6.54 Å². The minimum atomic E-state index is 0.724. The Morgan fingerprint density at radius 2 is 1.62 bits per heavy atom. The number of hydrogen-bond acceptors (Lipinski definition) is 3. The zero-order valence-electron chi connectivity index (χ0n) is 11.5. The van der Waals surface area contributed by atoms with Crippen LogP contribution in [-0.2, 0) is 6.54 Å². The number of rotatable bonds is 5. The molecule has 0 bridgehead atoms. The minimum absolute atomic E-state index is 0.724. The van der Waals surface area contributed by atoms with Gasteiger partial charge in [0.15, 0.2) is 0 Å². The van der Waals surface area contributed by atoms with Crippen molar-refractivity contribution in [1.82, 2.24) is 5.32 Å². The number of methoxy groups -OCH3 is 1. The van der Waals surface area contributed by atoms with Gasteiger partial charge in [-0.05, 0) is 69.2 Å². The summed E-state index contributed by atoms with van der Waals surface area (Å²) in [6, 6.07) is 9.70. The third kappa shape index (κ3) is 4.22. The summed E-state index contributed by atoms with van der Waals surface area (Å²) in [6.45, 7) is 0.726. The quantitative estimate of drug-likeness (QED) is 0.614. The number of halogens is 3. The summed E-state index contributed by atoms with van der Waals surface area (Å²) in [5.74, 6) is 2.29. The molecule has 0 fully saturated rings. The molecule has 2 rings (SSSR count). The molecule has 0 unspecified atom stereocenters. The summed E-state index contributed by atoms with van der Waals surface area (Å²) >= 11 is 10.5. The maximum absolute atomic E-state index is 6.03. The molecule has 0 aliphatic rings. The molecule has 0 aliphatic carbocycles. The maximum atomic E-state index is 6.03. The summed E-state index contributed by atoms with van der Waals surface area (Å²) in [5, 5.41) is 3.14. The Kier molecular flexibility index (Phi) is 6.10. The van der Waals surface area contributed by atoms with Gasteiger partial charge in [0.05, 0.1) is 16.1 Å². The fraction of sp³-hybridized carbons (Fsp3) is 0.200. The van der Waals surface area contributed by atoms with Gasteiger partial charge in [0, 0.05) is 16.6 Å². The molecular formula is C15H14Br3NO2. The van der Waals surface area contributed by atoms with Gasteiger partial charge in [-0.15, -0.1) is 0 Å². The molecule has 2 aromatic carbocycles. The van der Waals surface area contributed by atoms with Crippen LogP contribution in [0.15, 0.2) is 43.7 Å². The highest BCUT2D eigenvalue weighted by Gasteiger charge is 2.11. The van der Waals surface area contributed by atoms with Gasteiger partial charge in [0.25, 0.3) is 0 Å². The SMILES string of the molecule is CNCc1cc(Br)ccc1Oc1cc(Br)c(OC)cc1Br. The van der Waals surface area contributed by atoms with Crippen LogP contribution in [0.3, 0.4) is 0 Å². The highest BCUT2D eigenvalue weighted by molar-refractivity contribution is 9.11. The van der Waals surface area contributed by atoms with Crippen LogP contribution in [0.5, 0.6) is 17.2 Å². The van der Waals surface area contributed by atoms with Crippen LogP contribution in [0.4, 0.5) is 0 Å². The lowest BCUT2D eigenvalue weighted by molar-refractivity contribution is 0.409. The number of nitrogens with one attached hydrogen (secondary N) is 1. The van der Waals surface area contributed by atoms with E-state index in [1.807, 2.05) is 37.4 Å². The summed E-state index contributed by atoms with van der Waals surface area (Å²) < 4.78 is 14.0. The van der Waals surface area contributed by atoms with Crippen molar-refractivity contribution in [1.29, 1.82) is 0 Å². The van der Waals surface area contributed by atoms with Gasteiger partial charge < -0.3 is 14.8 Å². The lowest BCUT2D eigenvalue weighted by atomic mass is 10.2. The number of hydrogen-bond donors (Lipinski definition) is 1. The van der Waals surface area contributed by atoms with Crippen molar-refractivity contribution in [3.63, 3.8) is 0 Å². The fourth-order valence-corrected chi connectivity index (χ4v) is 3.14. The van der Waals surface area contributed by atoms with E-state index >= 15 is 0 Å². The first-order chi connectivity index (χ1) is 10.0. The van der Waals surface area contributed by atoms with Gasteiger partial charge in [-0.2, -0.15) is 0 Å². The summed E-state index contributed by atoms with van der Waals surface area (Å²) in [4.78, 5) is 0. The Morgan fingerprint density at radius 3 is 2.29 bits per heavy atom. The van der Waals surface area contributed by atoms with Crippen LogP contribution < -0.4 is 14.8 Å². The Bertz CT molecular complexity index is 647. The zero-order valence-corrected chi connectivity index (χ0v) is 16.3. The van der Waals surface area contributed by atoms with E-state index in [4.69, 9.17) is 9.47 Å². The van der Waals surface area contributed by atoms with Crippen LogP contribution in [-0.4, -0.2) is 14.2 Å². The third-order valence-corrected chi connectivity index (χ3v) is 4.55. The van der Waals surface area contributed by atoms with Gasteiger partial charge in [-0.1, -0.05) is 15.9 Å². The van der Waals surface area contributed by atoms with E-state index in [1.54, 1.807) is 7.11 Å². The molecule has 6 heteroatoms. The molecule has 21 heavy (non-hydrogen) atoms. The van der Waals surface area contributed by atoms with Gasteiger partial charge >= 0.3 is 0 Å². The molecule has 0 atom stereocenters. The van der Waals surface area contributed by atoms with Crippen LogP contribution in [0.25, 0.3) is 0 Å². The minimum Gasteiger partial charge on any atom is -0.496 e. The molecule has 112 valence electrons. The first-order valence-corrected chi connectivity index (χ1v) is 8.57. The van der Waals surface area contributed by atoms with E-state index in [0.717, 1.165) is 42.8 Å². The van der Waals surface area contributed by atoms with Crippen molar-refractivity contribution >= 4 is 47.8 Å². The highest BCUT2D eigenvalue weighted by atomic mass is 79.9. The second-order valence-corrected chi connectivity index (χ2v) is 6.93. The van der Waals surface area contributed by atoms with Crippen LogP contribution in [0, 0.1) is 0 Å². The first kappa shape index (κ1) is 16.8. The second kappa shape index (κ2) is 7.63. The Labute approximate surface area is 149 Å². The van der Waals surface area contributed by atoms with E-state index in [1.165, 1.54) is 0 Å². The lowest BCUT2D eigenvalue weighted by Crippen LogP contribution is -2.06. The molecule has 0 aliphatic heterocycles. The van der Waals surface area contributed by atoms with Crippen LogP contribution >= 0.6 is 47.8 Å². The zero-order chi connectivity index (χ0) is 15.4. The van der Waals surface area contributed by atoms with Gasteiger partial charge in [-0.25, -0.2) is 0 Å². The average Bonchev–Trinajstić information content (AvgIpc) is 2.45. The van der Waals surface area contributed by atoms with E-state index in [2.05, 4.69) is 53.1 Å². The molecule has 0 radical (unpaired) electrons. The highest BCUT2D eigenvalue weighted by Crippen LogP contribution is 2.39. The Morgan fingerprint density at radius 1 is 0.952 bits per heavy atom. The summed E-state index contributed by atoms with van der Waals surface area (Å²) in [6.07, 6.45) is 0. The van der Waals surface area contributed by atoms with Gasteiger partial charge in [0.2, 0.25) is 0 Å². The summed E-state index contributed by atoms with van der Waals surface area (Å²) in [7, 11) is 3.54. The second-order valence-electron chi connectivity index (χ2n) is 4.30. The molecule has 2 aromatic rings. The molecule has 0 saturated heterocycles. The molecule has 3 nitrogen and oxygen atoms in total. The topological polar surface area (TPSA) is 30.5 Å². The number of ether oxygens (including phenoxy) is 2. The smallest absolute Gasteiger partial charge is 0.143 e. The molecular weight excluding hydrogens is 466 g/mol. The monoisotopic (exact) mass is 477 g/mol. The van der Waals surface area contributed by atoms with Gasteiger partial charge in [-0.3, -0.25) is 0 Å². The normalized spacial score (nSPS) is 10.5. The molecule has 0 heterocycles. The average molecular weight is 480 g/mol. The number of benzene rings is 2. The summed E-state index contributed by atoms with van der Waals surface area (Å²) in [5.41, 5.74) is 1.07. The standard InChI is InChI=1S/C15H14Br3NO2/c1-19-8-9-5-10(16)3-4-13(9)21-15-7-11(17)14(20-2)6-12(15)18/h3-7,19H,8H2,1-2H3. The fourth-order valence-electron chi connectivity index (χ4n) is 1.84. The predicted octanol–water partition coefficient (Wildman–Crippen LogP) is 5.49. The van der Waals surface area contributed by atoms with Gasteiger partial charge in [0.1, 0.15) is 17.2 Å². The molecule has 0 saturated carbocycles. The maximum Gasteiger partial charge on any atom is 0.143 e. The molecule has 0 spiro atoms. The van der Waals surface area contributed by atoms with E-state index < -0.39 is 0 Å². The molecule has 1 N–H and O–H groups in total. The van der Waals surface area contributed by atoms with E-state index in [0.29, 0.717) is 0 Å². The largest absolute Gasteiger partial charge is 0.496 e. The predicted molar refractivity (Wildman–Crippen MR) is 95.4 cm³/mol. The third-order valence-electron chi connectivity index (χ3n) is 2.82. The van der Waals surface area contributed by atoms with Crippen molar-refractivity contribution in [3.8, 4) is 17.2 Å². The first-order valence-electron chi connectivity index (χ1n) is 6.19. The molecule has 0 aromatic heterocycles. The van der Waals surface area contributed by atoms with Crippen LogP contribution in [0.1, 0.15) is 5.56 Å². The Hall–Kier alpha value is -0.560. The lowest BCUT2D eigenvalue weighted by Gasteiger charge is -2.14. The van der Waals surface area contributed by atoms with Crippen LogP contribution in [0.2, 0.25) is 0 Å². The van der Waals surface area contributed by atoms with E-state index in [9.17, 15) is 0 Å². The van der Waals surface area contributed by atoms with Crippen molar-refractivity contribution < 1.29 is 9.47 Å². The van der Waals surface area contributed by atoms with Crippen molar-refractivity contribution in [2.24, 2.45) is 0 Å².